The van der Waals surface area contributed by atoms with E-state index in [4.69, 9.17) is 0 Å². The largest absolute Gasteiger partial charge is 0.271 e. The molecule has 0 heterocycles. The molecule has 32 heavy (non-hydrogen) atoms. The van der Waals surface area contributed by atoms with Crippen LogP contribution < -0.4 is 10.9 Å². The summed E-state index contributed by atoms with van der Waals surface area (Å²) in [6.07, 6.45) is 10.2. The first-order chi connectivity index (χ1) is 15.7. The molecule has 0 bridgehead atoms. The molecule has 3 rings (SSSR count). The highest BCUT2D eigenvalue weighted by atomic mass is 16.2. The van der Waals surface area contributed by atoms with Gasteiger partial charge in [0.2, 0.25) is 0 Å². The van der Waals surface area contributed by atoms with Crippen LogP contribution in [0.2, 0.25) is 0 Å². The number of rotatable bonds is 8. The van der Waals surface area contributed by atoms with E-state index in [0.717, 1.165) is 11.1 Å². The Balaban J connectivity index is 1.45. The van der Waals surface area contributed by atoms with Crippen LogP contribution >= 0.6 is 0 Å². The van der Waals surface area contributed by atoms with E-state index in [1.165, 1.54) is 12.4 Å². The van der Waals surface area contributed by atoms with E-state index in [1.807, 2.05) is 72.8 Å². The van der Waals surface area contributed by atoms with Crippen molar-refractivity contribution in [3.05, 3.63) is 119 Å². The maximum atomic E-state index is 12.1. The van der Waals surface area contributed by atoms with Gasteiger partial charge in [0.1, 0.15) is 0 Å². The molecule has 0 aromatic heterocycles. The molecular formula is C26H22N4O2. The number of carbonyl (C=O) groups excluding carboxylic acids is 2. The molecule has 0 fully saturated rings. The number of allylic oxidation sites excluding steroid dienone is 2. The van der Waals surface area contributed by atoms with E-state index < -0.39 is 0 Å². The van der Waals surface area contributed by atoms with Gasteiger partial charge in [0.25, 0.3) is 11.8 Å². The van der Waals surface area contributed by atoms with Crippen molar-refractivity contribution >= 4 is 36.4 Å². The molecule has 0 saturated heterocycles. The Morgan fingerprint density at radius 3 is 1.31 bits per heavy atom. The highest BCUT2D eigenvalue weighted by Crippen LogP contribution is 2.05. The van der Waals surface area contributed by atoms with E-state index >= 15 is 0 Å². The Labute approximate surface area is 186 Å². The van der Waals surface area contributed by atoms with E-state index in [9.17, 15) is 9.59 Å². The molecule has 0 saturated carbocycles. The average molecular weight is 422 g/mol. The van der Waals surface area contributed by atoms with Crippen LogP contribution in [0.15, 0.2) is 107 Å². The average Bonchev–Trinajstić information content (AvgIpc) is 2.85. The van der Waals surface area contributed by atoms with Crippen molar-refractivity contribution in [2.24, 2.45) is 10.2 Å². The zero-order chi connectivity index (χ0) is 22.4. The molecule has 3 aromatic rings. The molecule has 0 aliphatic rings. The lowest BCUT2D eigenvalue weighted by Gasteiger charge is -2.02. The molecule has 0 spiro atoms. The van der Waals surface area contributed by atoms with Crippen LogP contribution in [0.25, 0.3) is 12.2 Å². The Kier molecular flexibility index (Phi) is 8.43. The van der Waals surface area contributed by atoms with Gasteiger partial charge in [-0.2, -0.15) is 10.2 Å². The lowest BCUT2D eigenvalue weighted by molar-refractivity contribution is 0.0943. The van der Waals surface area contributed by atoms with Gasteiger partial charge in [0.15, 0.2) is 0 Å². The van der Waals surface area contributed by atoms with Crippen molar-refractivity contribution in [2.45, 2.75) is 0 Å². The molecule has 158 valence electrons. The van der Waals surface area contributed by atoms with Crippen molar-refractivity contribution < 1.29 is 9.59 Å². The summed E-state index contributed by atoms with van der Waals surface area (Å²) in [5.74, 6) is -0.740. The lowest BCUT2D eigenvalue weighted by atomic mass is 10.1. The van der Waals surface area contributed by atoms with Crippen molar-refractivity contribution in [1.82, 2.24) is 10.9 Å². The number of amides is 2. The summed E-state index contributed by atoms with van der Waals surface area (Å²) in [7, 11) is 0. The van der Waals surface area contributed by atoms with Crippen LogP contribution in [-0.2, 0) is 0 Å². The summed E-state index contributed by atoms with van der Waals surface area (Å²) >= 11 is 0. The standard InChI is InChI=1S/C26H22N4O2/c31-25(29-27-19-7-13-21-9-3-1-4-10-21)23-15-17-24(18-16-23)26(32)30-28-20-8-14-22-11-5-2-6-12-22/h1-20H,(H,29,31)(H,30,32)/b13-7+,14-8+,27-19+,28-20+. The summed E-state index contributed by atoms with van der Waals surface area (Å²) in [5.41, 5.74) is 7.74. The zero-order valence-electron chi connectivity index (χ0n) is 17.3. The number of nitrogens with zero attached hydrogens (tertiary/aromatic N) is 2. The van der Waals surface area contributed by atoms with Crippen molar-refractivity contribution in [2.75, 3.05) is 0 Å². The first-order valence-electron chi connectivity index (χ1n) is 9.93. The van der Waals surface area contributed by atoms with Crippen LogP contribution in [0.5, 0.6) is 0 Å². The van der Waals surface area contributed by atoms with E-state index in [-0.39, 0.29) is 11.8 Å². The van der Waals surface area contributed by atoms with Crippen LogP contribution in [0, 0.1) is 0 Å². The molecule has 6 nitrogen and oxygen atoms in total. The van der Waals surface area contributed by atoms with Crippen LogP contribution in [0.1, 0.15) is 31.8 Å². The molecular weight excluding hydrogens is 400 g/mol. The summed E-state index contributed by atoms with van der Waals surface area (Å²) in [6, 6.07) is 25.7. The van der Waals surface area contributed by atoms with Crippen molar-refractivity contribution in [1.29, 1.82) is 0 Å². The van der Waals surface area contributed by atoms with Crippen molar-refractivity contribution in [3.8, 4) is 0 Å². The van der Waals surface area contributed by atoms with E-state index in [2.05, 4.69) is 21.1 Å². The highest BCUT2D eigenvalue weighted by Gasteiger charge is 2.07. The third-order valence-corrected chi connectivity index (χ3v) is 4.24. The fourth-order valence-electron chi connectivity index (χ4n) is 2.62. The lowest BCUT2D eigenvalue weighted by Crippen LogP contribution is -2.19. The van der Waals surface area contributed by atoms with Crippen LogP contribution in [0.4, 0.5) is 0 Å². The van der Waals surface area contributed by atoms with Crippen molar-refractivity contribution in [3.63, 3.8) is 0 Å². The number of hydrazone groups is 2. The fourth-order valence-corrected chi connectivity index (χ4v) is 2.62. The van der Waals surface area contributed by atoms with Gasteiger partial charge in [-0.1, -0.05) is 72.8 Å². The van der Waals surface area contributed by atoms with Gasteiger partial charge >= 0.3 is 0 Å². The Morgan fingerprint density at radius 2 is 0.938 bits per heavy atom. The molecule has 6 heteroatoms. The number of benzene rings is 3. The fraction of sp³-hybridized carbons (Fsp3) is 0. The summed E-state index contributed by atoms with van der Waals surface area (Å²) in [5, 5.41) is 7.77. The molecule has 0 unspecified atom stereocenters. The molecule has 0 aliphatic heterocycles. The third-order valence-electron chi connectivity index (χ3n) is 4.24. The van der Waals surface area contributed by atoms with Crippen LogP contribution in [-0.4, -0.2) is 24.2 Å². The van der Waals surface area contributed by atoms with Gasteiger partial charge in [-0.3, -0.25) is 9.59 Å². The maximum absolute atomic E-state index is 12.1. The Bertz CT molecular complexity index is 1040. The second-order valence-corrected chi connectivity index (χ2v) is 6.56. The predicted molar refractivity (Wildman–Crippen MR) is 129 cm³/mol. The monoisotopic (exact) mass is 422 g/mol. The minimum absolute atomic E-state index is 0.370. The number of nitrogens with one attached hydrogen (secondary N) is 2. The minimum atomic E-state index is -0.370. The topological polar surface area (TPSA) is 82.9 Å². The molecule has 0 atom stereocenters. The minimum Gasteiger partial charge on any atom is -0.267 e. The second kappa shape index (κ2) is 12.2. The maximum Gasteiger partial charge on any atom is 0.271 e. The normalized spacial score (nSPS) is 11.5. The summed E-state index contributed by atoms with van der Waals surface area (Å²) < 4.78 is 0. The molecule has 3 aromatic carbocycles. The first kappa shape index (κ1) is 22.1. The van der Waals surface area contributed by atoms with Gasteiger partial charge in [-0.25, -0.2) is 10.9 Å². The van der Waals surface area contributed by atoms with Gasteiger partial charge in [0.05, 0.1) is 0 Å². The first-order valence-corrected chi connectivity index (χ1v) is 9.93. The van der Waals surface area contributed by atoms with Crippen LogP contribution in [0.3, 0.4) is 0 Å². The van der Waals surface area contributed by atoms with E-state index in [0.29, 0.717) is 11.1 Å². The zero-order valence-corrected chi connectivity index (χ0v) is 17.3. The van der Waals surface area contributed by atoms with Gasteiger partial charge in [0, 0.05) is 23.6 Å². The van der Waals surface area contributed by atoms with E-state index in [1.54, 1.807) is 36.4 Å². The summed E-state index contributed by atoms with van der Waals surface area (Å²) in [6.45, 7) is 0. The Morgan fingerprint density at radius 1 is 0.562 bits per heavy atom. The quantitative estimate of drug-likeness (QED) is 0.413. The number of hydrogen-bond acceptors (Lipinski definition) is 4. The number of hydrogen-bond donors (Lipinski definition) is 2. The molecule has 0 aliphatic carbocycles. The Hall–Kier alpha value is -4.58. The SMILES string of the molecule is O=C(N/N=C/C=C/c1ccccc1)c1ccc(C(=O)N/N=C/C=C/c2ccccc2)cc1. The predicted octanol–water partition coefficient (Wildman–Crippen LogP) is 4.54. The highest BCUT2D eigenvalue weighted by molar-refractivity contribution is 5.98. The number of carbonyl (C=O) groups is 2. The molecule has 2 N–H and O–H groups in total. The van der Waals surface area contributed by atoms with Gasteiger partial charge < -0.3 is 0 Å². The van der Waals surface area contributed by atoms with Gasteiger partial charge in [-0.15, -0.1) is 0 Å². The summed E-state index contributed by atoms with van der Waals surface area (Å²) in [4.78, 5) is 24.3. The molecule has 0 radical (unpaired) electrons. The van der Waals surface area contributed by atoms with Gasteiger partial charge in [-0.05, 0) is 47.5 Å². The third kappa shape index (κ3) is 7.35. The molecule has 2 amide bonds. The smallest absolute Gasteiger partial charge is 0.267 e. The second-order valence-electron chi connectivity index (χ2n) is 6.56.